The van der Waals surface area contributed by atoms with Crippen LogP contribution in [0, 0.1) is 12.7 Å². The molecule has 36 heavy (non-hydrogen) atoms. The van der Waals surface area contributed by atoms with Gasteiger partial charge in [-0.15, -0.1) is 0 Å². The van der Waals surface area contributed by atoms with Crippen molar-refractivity contribution in [1.29, 1.82) is 0 Å². The molecule has 1 atom stereocenters. The number of aromatic nitrogens is 1. The Labute approximate surface area is 207 Å². The lowest BCUT2D eigenvalue weighted by molar-refractivity contribution is -0.136. The van der Waals surface area contributed by atoms with E-state index in [9.17, 15) is 19.1 Å². The number of anilines is 1. The molecule has 8 heteroatoms. The van der Waals surface area contributed by atoms with E-state index in [4.69, 9.17) is 9.47 Å². The van der Waals surface area contributed by atoms with Crippen LogP contribution in [-0.2, 0) is 11.2 Å². The summed E-state index contributed by atoms with van der Waals surface area (Å²) in [5, 5.41) is 9.95. The predicted octanol–water partition coefficient (Wildman–Crippen LogP) is 4.68. The number of nitrogens with zero attached hydrogens (tertiary/aromatic N) is 2. The Morgan fingerprint density at radius 1 is 1.11 bits per heavy atom. The zero-order valence-electron chi connectivity index (χ0n) is 19.9. The van der Waals surface area contributed by atoms with Crippen LogP contribution < -0.4 is 14.4 Å². The third-order valence-corrected chi connectivity index (χ3v) is 6.30. The summed E-state index contributed by atoms with van der Waals surface area (Å²) in [5.41, 5.74) is 2.99. The van der Waals surface area contributed by atoms with Gasteiger partial charge in [0.25, 0.3) is 5.91 Å². The van der Waals surface area contributed by atoms with Gasteiger partial charge in [-0.3, -0.25) is 14.2 Å². The number of carboxylic acid groups (broad SMARTS) is 1. The number of carboxylic acids is 1. The molecule has 0 fully saturated rings. The number of hydrogen-bond acceptors (Lipinski definition) is 5. The number of carbonyl (C=O) groups excluding carboxylic acids is 1. The lowest BCUT2D eigenvalue weighted by atomic mass is 10.1. The van der Waals surface area contributed by atoms with Gasteiger partial charge in [-0.2, -0.15) is 0 Å². The second-order valence-electron chi connectivity index (χ2n) is 8.89. The van der Waals surface area contributed by atoms with Crippen molar-refractivity contribution in [2.24, 2.45) is 0 Å². The van der Waals surface area contributed by atoms with E-state index < -0.39 is 5.97 Å². The monoisotopic (exact) mass is 488 g/mol. The molecule has 5 rings (SSSR count). The SMILES string of the molecule is Cc1cc2c(CC(=O)O)cccc2n1C(=O)c1ccc(OC[C@@H]2CN(C)c3c(F)cccc3O2)cc1. The highest BCUT2D eigenvalue weighted by molar-refractivity contribution is 6.04. The van der Waals surface area contributed by atoms with Crippen molar-refractivity contribution in [3.05, 3.63) is 89.4 Å². The van der Waals surface area contributed by atoms with Crippen LogP contribution in [0.1, 0.15) is 21.6 Å². The molecule has 4 aromatic rings. The van der Waals surface area contributed by atoms with Crippen LogP contribution in [-0.4, -0.2) is 47.9 Å². The maximum atomic E-state index is 14.1. The molecule has 0 unspecified atom stereocenters. The zero-order valence-corrected chi connectivity index (χ0v) is 19.9. The molecular formula is C28H25FN2O5. The first-order chi connectivity index (χ1) is 17.3. The fourth-order valence-corrected chi connectivity index (χ4v) is 4.68. The molecule has 0 spiro atoms. The van der Waals surface area contributed by atoms with Crippen molar-refractivity contribution in [3.63, 3.8) is 0 Å². The topological polar surface area (TPSA) is 81.0 Å². The number of ether oxygens (including phenoxy) is 2. The summed E-state index contributed by atoms with van der Waals surface area (Å²) in [6.45, 7) is 2.57. The van der Waals surface area contributed by atoms with E-state index in [1.165, 1.54) is 6.07 Å². The fourth-order valence-electron chi connectivity index (χ4n) is 4.68. The van der Waals surface area contributed by atoms with Crippen molar-refractivity contribution >= 4 is 28.5 Å². The third kappa shape index (κ3) is 4.37. The van der Waals surface area contributed by atoms with Gasteiger partial charge < -0.3 is 19.5 Å². The minimum atomic E-state index is -0.920. The Morgan fingerprint density at radius 2 is 1.86 bits per heavy atom. The van der Waals surface area contributed by atoms with Crippen molar-refractivity contribution < 1.29 is 28.6 Å². The smallest absolute Gasteiger partial charge is 0.307 e. The summed E-state index contributed by atoms with van der Waals surface area (Å²) in [6.07, 6.45) is -0.387. The van der Waals surface area contributed by atoms with Crippen molar-refractivity contribution in [2.75, 3.05) is 25.1 Å². The van der Waals surface area contributed by atoms with Crippen LogP contribution in [0.15, 0.2) is 66.7 Å². The molecule has 0 saturated carbocycles. The van der Waals surface area contributed by atoms with Crippen LogP contribution in [0.4, 0.5) is 10.1 Å². The van der Waals surface area contributed by atoms with Crippen molar-refractivity contribution in [3.8, 4) is 11.5 Å². The molecule has 1 N–H and O–H groups in total. The second kappa shape index (κ2) is 9.37. The van der Waals surface area contributed by atoms with Gasteiger partial charge in [-0.05, 0) is 61.0 Å². The molecule has 184 valence electrons. The van der Waals surface area contributed by atoms with Crippen LogP contribution >= 0.6 is 0 Å². The van der Waals surface area contributed by atoms with Gasteiger partial charge in [0.1, 0.15) is 35.7 Å². The number of hydrogen-bond donors (Lipinski definition) is 1. The molecule has 3 aromatic carbocycles. The Hall–Kier alpha value is -4.33. The molecule has 1 aliphatic heterocycles. The highest BCUT2D eigenvalue weighted by Gasteiger charge is 2.26. The zero-order chi connectivity index (χ0) is 25.4. The molecule has 0 bridgehead atoms. The molecule has 7 nitrogen and oxygen atoms in total. The van der Waals surface area contributed by atoms with Crippen LogP contribution in [0.2, 0.25) is 0 Å². The quantitative estimate of drug-likeness (QED) is 0.425. The largest absolute Gasteiger partial charge is 0.490 e. The first kappa shape index (κ1) is 23.4. The molecule has 0 saturated heterocycles. The number of carbonyl (C=O) groups is 2. The van der Waals surface area contributed by atoms with E-state index in [1.54, 1.807) is 53.1 Å². The number of fused-ring (bicyclic) bond motifs is 2. The second-order valence-corrected chi connectivity index (χ2v) is 8.89. The van der Waals surface area contributed by atoms with E-state index in [1.807, 2.05) is 31.0 Å². The molecule has 0 amide bonds. The summed E-state index contributed by atoms with van der Waals surface area (Å²) in [6, 6.07) is 18.8. The predicted molar refractivity (Wildman–Crippen MR) is 134 cm³/mol. The molecule has 0 radical (unpaired) electrons. The molecular weight excluding hydrogens is 463 g/mol. The maximum absolute atomic E-state index is 14.1. The third-order valence-electron chi connectivity index (χ3n) is 6.30. The first-order valence-electron chi connectivity index (χ1n) is 11.6. The van der Waals surface area contributed by atoms with Crippen molar-refractivity contribution in [1.82, 2.24) is 4.57 Å². The van der Waals surface area contributed by atoms with Gasteiger partial charge in [-0.25, -0.2) is 4.39 Å². The highest BCUT2D eigenvalue weighted by Crippen LogP contribution is 2.35. The van der Waals surface area contributed by atoms with E-state index >= 15 is 0 Å². The minimum Gasteiger partial charge on any atom is -0.490 e. The van der Waals surface area contributed by atoms with E-state index in [-0.39, 0.29) is 30.9 Å². The molecule has 1 aliphatic rings. The summed E-state index contributed by atoms with van der Waals surface area (Å²) in [7, 11) is 1.81. The Balaban J connectivity index is 1.29. The van der Waals surface area contributed by atoms with Gasteiger partial charge >= 0.3 is 5.97 Å². The average Bonchev–Trinajstić information content (AvgIpc) is 3.19. The van der Waals surface area contributed by atoms with E-state index in [2.05, 4.69) is 0 Å². The van der Waals surface area contributed by atoms with Gasteiger partial charge in [0.15, 0.2) is 0 Å². The lowest BCUT2D eigenvalue weighted by Gasteiger charge is -2.33. The molecule has 0 aliphatic carbocycles. The summed E-state index contributed by atoms with van der Waals surface area (Å²) < 4.78 is 27.5. The van der Waals surface area contributed by atoms with Gasteiger partial charge in [0.05, 0.1) is 18.5 Å². The first-order valence-corrected chi connectivity index (χ1v) is 11.6. The minimum absolute atomic E-state index is 0.109. The van der Waals surface area contributed by atoms with Gasteiger partial charge in [0, 0.05) is 23.7 Å². The number of benzene rings is 3. The summed E-state index contributed by atoms with van der Waals surface area (Å²) in [4.78, 5) is 26.4. The molecule has 1 aromatic heterocycles. The Morgan fingerprint density at radius 3 is 2.61 bits per heavy atom. The fraction of sp³-hybridized carbons (Fsp3) is 0.214. The number of aryl methyl sites for hydroxylation is 1. The number of likely N-dealkylation sites (N-methyl/N-ethyl adjacent to an activating group) is 1. The number of rotatable bonds is 6. The standard InChI is InChI=1S/C28H25FN2O5/c1-17-13-22-19(14-26(32)33)5-3-7-24(22)31(17)28(34)18-9-11-20(12-10-18)35-16-21-15-30(2)27-23(29)6-4-8-25(27)36-21/h3-13,21H,14-16H2,1-2H3,(H,32,33)/t21-/m0/s1. The molecule has 2 heterocycles. The maximum Gasteiger partial charge on any atom is 0.307 e. The van der Waals surface area contributed by atoms with E-state index in [0.717, 1.165) is 11.1 Å². The number of halogens is 1. The van der Waals surface area contributed by atoms with E-state index in [0.29, 0.717) is 40.4 Å². The number of para-hydroxylation sites is 1. The van der Waals surface area contributed by atoms with Gasteiger partial charge in [0.2, 0.25) is 0 Å². The summed E-state index contributed by atoms with van der Waals surface area (Å²) >= 11 is 0. The van der Waals surface area contributed by atoms with Crippen LogP contribution in [0.5, 0.6) is 11.5 Å². The number of aliphatic carboxylic acids is 1. The highest BCUT2D eigenvalue weighted by atomic mass is 19.1. The van der Waals surface area contributed by atoms with Crippen LogP contribution in [0.25, 0.3) is 10.9 Å². The summed E-state index contributed by atoms with van der Waals surface area (Å²) in [5.74, 6) is -0.382. The Kier molecular flexibility index (Phi) is 6.10. The lowest BCUT2D eigenvalue weighted by Crippen LogP contribution is -2.41. The average molecular weight is 489 g/mol. The van der Waals surface area contributed by atoms with Gasteiger partial charge in [-0.1, -0.05) is 18.2 Å². The Bertz CT molecular complexity index is 1460. The normalized spacial score (nSPS) is 14.9. The van der Waals surface area contributed by atoms with Crippen LogP contribution in [0.3, 0.4) is 0 Å². The van der Waals surface area contributed by atoms with Crippen molar-refractivity contribution in [2.45, 2.75) is 19.4 Å².